The van der Waals surface area contributed by atoms with Crippen LogP contribution in [0.4, 0.5) is 0 Å². The predicted molar refractivity (Wildman–Crippen MR) is 39.3 cm³/mol. The zero-order valence-electron chi connectivity index (χ0n) is 5.31. The van der Waals surface area contributed by atoms with Crippen LogP contribution in [0.5, 0.6) is 0 Å². The first-order valence-electron chi connectivity index (χ1n) is 2.82. The summed E-state index contributed by atoms with van der Waals surface area (Å²) >= 11 is 0. The molecule has 0 heteroatoms. The number of hydrogen-bond donors (Lipinski definition) is 0. The molecule has 2 radical (unpaired) electrons. The van der Waals surface area contributed by atoms with E-state index in [1.807, 2.05) is 18.1 Å². The molecule has 0 aliphatic heterocycles. The van der Waals surface area contributed by atoms with E-state index in [2.05, 4.69) is 17.9 Å². The number of rotatable bonds is 0. The van der Waals surface area contributed by atoms with Crippen molar-refractivity contribution >= 4 is 0 Å². The summed E-state index contributed by atoms with van der Waals surface area (Å²) < 4.78 is 0. The molecule has 0 aliphatic rings. The zero-order chi connectivity index (χ0) is 7.23. The van der Waals surface area contributed by atoms with E-state index in [1.54, 1.807) is 12.1 Å². The SMILES string of the molecule is [C]#CC#Cc1cc[c]cc1. The molecule has 0 saturated carbocycles. The Labute approximate surface area is 60.9 Å². The van der Waals surface area contributed by atoms with Crippen molar-refractivity contribution in [1.29, 1.82) is 0 Å². The lowest BCUT2D eigenvalue weighted by Gasteiger charge is -1.82. The molecule has 0 saturated heterocycles. The van der Waals surface area contributed by atoms with E-state index >= 15 is 0 Å². The molecular weight excluding hydrogens is 120 g/mol. The third kappa shape index (κ3) is 1.69. The molecule has 0 atom stereocenters. The van der Waals surface area contributed by atoms with Gasteiger partial charge in [-0.2, -0.15) is 0 Å². The van der Waals surface area contributed by atoms with Gasteiger partial charge in [-0.1, -0.05) is 18.1 Å². The maximum atomic E-state index is 6.52. The van der Waals surface area contributed by atoms with Gasteiger partial charge in [0.25, 0.3) is 0 Å². The van der Waals surface area contributed by atoms with Gasteiger partial charge in [0.2, 0.25) is 0 Å². The van der Waals surface area contributed by atoms with Gasteiger partial charge >= 0.3 is 0 Å². The lowest BCUT2D eigenvalue weighted by Crippen LogP contribution is -1.68. The average Bonchev–Trinajstić information content (AvgIpc) is 2.03. The molecule has 0 aliphatic carbocycles. The summed E-state index contributed by atoms with van der Waals surface area (Å²) in [6, 6.07) is 10.1. The van der Waals surface area contributed by atoms with Gasteiger partial charge in [0, 0.05) is 5.56 Å². The van der Waals surface area contributed by atoms with E-state index in [1.165, 1.54) is 0 Å². The van der Waals surface area contributed by atoms with Crippen LogP contribution in [0.25, 0.3) is 0 Å². The van der Waals surface area contributed by atoms with Gasteiger partial charge in [-0.25, -0.2) is 0 Å². The Balaban J connectivity index is 2.89. The molecule has 1 rings (SSSR count). The average molecular weight is 124 g/mol. The Morgan fingerprint density at radius 3 is 2.60 bits per heavy atom. The molecule has 10 heavy (non-hydrogen) atoms. The van der Waals surface area contributed by atoms with Crippen LogP contribution < -0.4 is 0 Å². The quantitative estimate of drug-likeness (QED) is 0.459. The first-order valence-corrected chi connectivity index (χ1v) is 2.82. The van der Waals surface area contributed by atoms with Crippen molar-refractivity contribution in [3.8, 4) is 17.8 Å². The molecule has 0 heterocycles. The molecular formula is C10H4. The third-order valence-electron chi connectivity index (χ3n) is 0.988. The van der Waals surface area contributed by atoms with Crippen molar-refractivity contribution in [1.82, 2.24) is 0 Å². The molecule has 0 spiro atoms. The summed E-state index contributed by atoms with van der Waals surface area (Å²) in [6.07, 6.45) is 6.52. The van der Waals surface area contributed by atoms with Gasteiger partial charge in [0.15, 0.2) is 0 Å². The van der Waals surface area contributed by atoms with Crippen LogP contribution in [0.2, 0.25) is 0 Å². The fourth-order valence-corrected chi connectivity index (χ4v) is 0.574. The smallest absolute Gasteiger partial charge is 0.0255 e. The lowest BCUT2D eigenvalue weighted by molar-refractivity contribution is 1.64. The molecule has 0 bridgehead atoms. The normalized spacial score (nSPS) is 7.10. The van der Waals surface area contributed by atoms with Crippen molar-refractivity contribution in [2.45, 2.75) is 0 Å². The van der Waals surface area contributed by atoms with Gasteiger partial charge in [-0.3, -0.25) is 0 Å². The highest BCUT2D eigenvalue weighted by Gasteiger charge is 1.78. The minimum Gasteiger partial charge on any atom is -0.0531 e. The Kier molecular flexibility index (Phi) is 2.18. The fraction of sp³-hybridized carbons (Fsp3) is 0. The van der Waals surface area contributed by atoms with Crippen LogP contribution in [0, 0.1) is 30.3 Å². The molecule has 44 valence electrons. The first kappa shape index (κ1) is 6.46. The van der Waals surface area contributed by atoms with Crippen LogP contribution in [0.1, 0.15) is 5.56 Å². The van der Waals surface area contributed by atoms with Gasteiger partial charge in [-0.15, -0.1) is 0 Å². The van der Waals surface area contributed by atoms with E-state index in [-0.39, 0.29) is 0 Å². The molecule has 1 aromatic carbocycles. The zero-order valence-corrected chi connectivity index (χ0v) is 5.31. The number of hydrogen-bond acceptors (Lipinski definition) is 0. The van der Waals surface area contributed by atoms with Crippen LogP contribution in [-0.4, -0.2) is 0 Å². The van der Waals surface area contributed by atoms with Gasteiger partial charge in [-0.05, 0) is 36.5 Å². The lowest BCUT2D eigenvalue weighted by atomic mass is 10.2. The highest BCUT2D eigenvalue weighted by atomic mass is 13.8. The summed E-state index contributed by atoms with van der Waals surface area (Å²) in [6.45, 7) is 0. The minimum absolute atomic E-state index is 0.888. The predicted octanol–water partition coefficient (Wildman–Crippen LogP) is 1.43. The van der Waals surface area contributed by atoms with E-state index < -0.39 is 0 Å². The first-order chi connectivity index (χ1) is 4.93. The monoisotopic (exact) mass is 124 g/mol. The summed E-state index contributed by atoms with van der Waals surface area (Å²) in [7, 11) is 0. The molecule has 1 aromatic rings. The molecule has 0 aromatic heterocycles. The van der Waals surface area contributed by atoms with Crippen molar-refractivity contribution in [2.24, 2.45) is 0 Å². The molecule has 0 unspecified atom stereocenters. The largest absolute Gasteiger partial charge is 0.0531 e. The fourth-order valence-electron chi connectivity index (χ4n) is 0.574. The molecule has 0 N–H and O–H groups in total. The summed E-state index contributed by atoms with van der Waals surface area (Å²) in [5.74, 6) is 7.14. The maximum absolute atomic E-state index is 6.52. The standard InChI is InChI=1S/C10H4/c1-2-3-7-10-8-5-4-6-9-10/h5-6,8-9H. The Morgan fingerprint density at radius 1 is 1.30 bits per heavy atom. The summed E-state index contributed by atoms with van der Waals surface area (Å²) in [4.78, 5) is 0. The van der Waals surface area contributed by atoms with Crippen molar-refractivity contribution in [2.75, 3.05) is 0 Å². The van der Waals surface area contributed by atoms with Gasteiger partial charge in [0.1, 0.15) is 0 Å². The second-order valence-electron chi connectivity index (χ2n) is 1.66. The number of benzene rings is 1. The third-order valence-corrected chi connectivity index (χ3v) is 0.988. The minimum atomic E-state index is 0.888. The second kappa shape index (κ2) is 3.38. The van der Waals surface area contributed by atoms with Gasteiger partial charge < -0.3 is 0 Å². The Morgan fingerprint density at radius 2 is 2.00 bits per heavy atom. The molecule has 0 nitrogen and oxygen atoms in total. The topological polar surface area (TPSA) is 0 Å². The van der Waals surface area contributed by atoms with E-state index in [0.717, 1.165) is 5.56 Å². The second-order valence-corrected chi connectivity index (χ2v) is 1.66. The van der Waals surface area contributed by atoms with Crippen molar-refractivity contribution < 1.29 is 0 Å². The Hall–Kier alpha value is -1.66. The van der Waals surface area contributed by atoms with Crippen LogP contribution in [-0.2, 0) is 0 Å². The summed E-state index contributed by atoms with van der Waals surface area (Å²) in [5, 5.41) is 0. The van der Waals surface area contributed by atoms with Crippen molar-refractivity contribution in [3.63, 3.8) is 0 Å². The Bertz CT molecular complexity index is 290. The summed E-state index contributed by atoms with van der Waals surface area (Å²) in [5.41, 5.74) is 0.888. The van der Waals surface area contributed by atoms with Crippen LogP contribution >= 0.6 is 0 Å². The molecule has 0 amide bonds. The maximum Gasteiger partial charge on any atom is 0.0255 e. The van der Waals surface area contributed by atoms with E-state index in [0.29, 0.717) is 0 Å². The van der Waals surface area contributed by atoms with E-state index in [4.69, 9.17) is 6.42 Å². The van der Waals surface area contributed by atoms with Gasteiger partial charge in [0.05, 0.1) is 0 Å². The molecule has 0 fully saturated rings. The van der Waals surface area contributed by atoms with Crippen LogP contribution in [0.15, 0.2) is 24.3 Å². The van der Waals surface area contributed by atoms with Crippen molar-refractivity contribution in [3.05, 3.63) is 42.3 Å². The van der Waals surface area contributed by atoms with Crippen LogP contribution in [0.3, 0.4) is 0 Å². The van der Waals surface area contributed by atoms with E-state index in [9.17, 15) is 0 Å². The highest BCUT2D eigenvalue weighted by Crippen LogP contribution is 1.93. The highest BCUT2D eigenvalue weighted by molar-refractivity contribution is 5.37.